The summed E-state index contributed by atoms with van der Waals surface area (Å²) >= 11 is 0. The van der Waals surface area contributed by atoms with Crippen molar-refractivity contribution in [3.63, 3.8) is 0 Å². The van der Waals surface area contributed by atoms with E-state index >= 15 is 0 Å². The van der Waals surface area contributed by atoms with Crippen LogP contribution in [0.5, 0.6) is 0 Å². The van der Waals surface area contributed by atoms with Crippen LogP contribution in [0.1, 0.15) is 64.4 Å². The summed E-state index contributed by atoms with van der Waals surface area (Å²) < 4.78 is 15.0. The van der Waals surface area contributed by atoms with Crippen molar-refractivity contribution >= 4 is 23.3 Å². The Hall–Kier alpha value is -2.96. The van der Waals surface area contributed by atoms with Crippen LogP contribution in [0.4, 0.5) is 10.1 Å². The molecule has 0 aliphatic heterocycles. The Labute approximate surface area is 170 Å². The summed E-state index contributed by atoms with van der Waals surface area (Å²) in [6.45, 7) is 8.86. The number of hydrogen-bond acceptors (Lipinski definition) is 3. The molecule has 2 N–H and O–H groups in total. The summed E-state index contributed by atoms with van der Waals surface area (Å²) in [4.78, 5) is 38.0. The maximum Gasteiger partial charge on any atom is 0.294 e. The fourth-order valence-electron chi connectivity index (χ4n) is 3.40. The number of Topliss-reactive ketones (excluding diaryl/α,β-unsaturated/α-hetero) is 1. The molecule has 0 aliphatic carbocycles. The minimum atomic E-state index is -0.677. The van der Waals surface area contributed by atoms with Crippen molar-refractivity contribution in [2.45, 2.75) is 53.5 Å². The molecular formula is C22H28FN3O3. The lowest BCUT2D eigenvalue weighted by Gasteiger charge is -2.14. The highest BCUT2D eigenvalue weighted by Crippen LogP contribution is 2.24. The third-order valence-electron chi connectivity index (χ3n) is 5.32. The van der Waals surface area contributed by atoms with Gasteiger partial charge in [-0.1, -0.05) is 13.8 Å². The van der Waals surface area contributed by atoms with Gasteiger partial charge in [-0.2, -0.15) is 0 Å². The molecule has 2 aromatic rings. The van der Waals surface area contributed by atoms with Gasteiger partial charge in [-0.15, -0.1) is 0 Å². The van der Waals surface area contributed by atoms with E-state index in [1.165, 1.54) is 18.2 Å². The Morgan fingerprint density at radius 1 is 1.10 bits per heavy atom. The minimum absolute atomic E-state index is 0.0717. The molecule has 0 unspecified atom stereocenters. The van der Waals surface area contributed by atoms with Gasteiger partial charge < -0.3 is 15.2 Å². The van der Waals surface area contributed by atoms with Crippen LogP contribution in [-0.4, -0.2) is 28.2 Å². The molecule has 0 fully saturated rings. The van der Waals surface area contributed by atoms with Gasteiger partial charge >= 0.3 is 0 Å². The first-order chi connectivity index (χ1) is 13.6. The number of anilines is 1. The average molecular weight is 401 g/mol. The zero-order valence-electron chi connectivity index (χ0n) is 17.8. The number of carbonyl (C=O) groups excluding carboxylic acids is 3. The molecule has 0 saturated heterocycles. The second kappa shape index (κ2) is 9.03. The van der Waals surface area contributed by atoms with E-state index in [0.29, 0.717) is 28.1 Å². The average Bonchev–Trinajstić information content (AvgIpc) is 2.90. The van der Waals surface area contributed by atoms with Crippen molar-refractivity contribution in [3.05, 3.63) is 52.1 Å². The predicted molar refractivity (Wildman–Crippen MR) is 111 cm³/mol. The number of ketones is 1. The van der Waals surface area contributed by atoms with Crippen molar-refractivity contribution in [1.29, 1.82) is 0 Å². The van der Waals surface area contributed by atoms with Crippen LogP contribution in [0, 0.1) is 26.6 Å². The standard InChI is InChI=1S/C22H28FN3O3/c1-7-15(8-2)24-22(29)20(27)19-13(4)18(14(5)26(19)6)21(28)25-16-9-10-17(23)12(3)11-16/h9-11,15H,7-8H2,1-6H3,(H,24,29)(H,25,28). The van der Waals surface area contributed by atoms with E-state index in [-0.39, 0.29) is 17.6 Å². The normalized spacial score (nSPS) is 10.9. The number of halogens is 1. The number of carbonyl (C=O) groups is 3. The lowest BCUT2D eigenvalue weighted by Crippen LogP contribution is -2.39. The monoisotopic (exact) mass is 401 g/mol. The molecule has 156 valence electrons. The fourth-order valence-corrected chi connectivity index (χ4v) is 3.40. The number of hydrogen-bond donors (Lipinski definition) is 2. The molecule has 2 rings (SSSR count). The van der Waals surface area contributed by atoms with Crippen LogP contribution in [0.25, 0.3) is 0 Å². The molecule has 0 saturated carbocycles. The Morgan fingerprint density at radius 3 is 2.28 bits per heavy atom. The van der Waals surface area contributed by atoms with Gasteiger partial charge in [-0.25, -0.2) is 4.39 Å². The Morgan fingerprint density at radius 2 is 1.72 bits per heavy atom. The molecule has 1 heterocycles. The molecule has 1 aromatic heterocycles. The van der Waals surface area contributed by atoms with Crippen LogP contribution < -0.4 is 10.6 Å². The molecule has 0 bridgehead atoms. The van der Waals surface area contributed by atoms with Gasteiger partial charge in [0.15, 0.2) is 0 Å². The first-order valence-corrected chi connectivity index (χ1v) is 9.70. The van der Waals surface area contributed by atoms with E-state index in [1.807, 2.05) is 13.8 Å². The number of benzene rings is 1. The van der Waals surface area contributed by atoms with E-state index in [9.17, 15) is 18.8 Å². The molecule has 6 nitrogen and oxygen atoms in total. The number of rotatable bonds is 7. The van der Waals surface area contributed by atoms with Gasteiger partial charge in [0.25, 0.3) is 17.6 Å². The van der Waals surface area contributed by atoms with Crippen LogP contribution in [0.2, 0.25) is 0 Å². The number of aryl methyl sites for hydroxylation is 1. The van der Waals surface area contributed by atoms with Crippen LogP contribution in [0.3, 0.4) is 0 Å². The summed E-state index contributed by atoms with van der Waals surface area (Å²) in [6, 6.07) is 4.23. The van der Waals surface area contributed by atoms with Crippen molar-refractivity contribution < 1.29 is 18.8 Å². The summed E-state index contributed by atoms with van der Waals surface area (Å²) in [5, 5.41) is 5.48. The highest BCUT2D eigenvalue weighted by atomic mass is 19.1. The summed E-state index contributed by atoms with van der Waals surface area (Å²) in [5.41, 5.74) is 2.39. The van der Waals surface area contributed by atoms with Crippen molar-refractivity contribution in [2.24, 2.45) is 7.05 Å². The predicted octanol–water partition coefficient (Wildman–Crippen LogP) is 3.83. The number of nitrogens with zero attached hydrogens (tertiary/aromatic N) is 1. The van der Waals surface area contributed by atoms with Crippen LogP contribution in [0.15, 0.2) is 18.2 Å². The van der Waals surface area contributed by atoms with Gasteiger partial charge in [0.05, 0.1) is 11.3 Å². The molecule has 0 radical (unpaired) electrons. The van der Waals surface area contributed by atoms with E-state index in [4.69, 9.17) is 0 Å². The topological polar surface area (TPSA) is 80.2 Å². The Bertz CT molecular complexity index is 959. The van der Waals surface area contributed by atoms with E-state index in [1.54, 1.807) is 32.4 Å². The smallest absolute Gasteiger partial charge is 0.294 e. The van der Waals surface area contributed by atoms with Crippen LogP contribution in [-0.2, 0) is 11.8 Å². The van der Waals surface area contributed by atoms with Crippen molar-refractivity contribution in [1.82, 2.24) is 9.88 Å². The van der Waals surface area contributed by atoms with Crippen molar-refractivity contribution in [3.8, 4) is 0 Å². The Kier molecular flexibility index (Phi) is 6.95. The van der Waals surface area contributed by atoms with Crippen molar-refractivity contribution in [2.75, 3.05) is 5.32 Å². The highest BCUT2D eigenvalue weighted by Gasteiger charge is 2.29. The van der Waals surface area contributed by atoms with Gasteiger partial charge in [-0.05, 0) is 62.9 Å². The maximum atomic E-state index is 13.5. The summed E-state index contributed by atoms with van der Waals surface area (Å²) in [6.07, 6.45) is 1.46. The van der Waals surface area contributed by atoms with Gasteiger partial charge in [0.2, 0.25) is 0 Å². The zero-order chi connectivity index (χ0) is 21.9. The van der Waals surface area contributed by atoms with E-state index in [2.05, 4.69) is 10.6 Å². The molecule has 29 heavy (non-hydrogen) atoms. The van der Waals surface area contributed by atoms with Gasteiger partial charge in [-0.3, -0.25) is 14.4 Å². The Balaban J connectivity index is 2.33. The third kappa shape index (κ3) is 4.55. The lowest BCUT2D eigenvalue weighted by molar-refractivity contribution is -0.117. The number of amides is 2. The van der Waals surface area contributed by atoms with E-state index < -0.39 is 17.6 Å². The highest BCUT2D eigenvalue weighted by molar-refractivity contribution is 6.43. The molecule has 7 heteroatoms. The first kappa shape index (κ1) is 22.3. The first-order valence-electron chi connectivity index (χ1n) is 9.70. The largest absolute Gasteiger partial charge is 0.346 e. The second-order valence-corrected chi connectivity index (χ2v) is 7.23. The van der Waals surface area contributed by atoms with Crippen LogP contribution >= 0.6 is 0 Å². The molecule has 1 aromatic carbocycles. The molecular weight excluding hydrogens is 373 g/mol. The molecule has 0 aliphatic rings. The SMILES string of the molecule is CCC(CC)NC(=O)C(=O)c1c(C)c(C(=O)Nc2ccc(F)c(C)c2)c(C)n1C. The molecule has 2 amide bonds. The quantitative estimate of drug-likeness (QED) is 0.547. The second-order valence-electron chi connectivity index (χ2n) is 7.23. The van der Waals surface area contributed by atoms with E-state index in [0.717, 1.165) is 12.8 Å². The zero-order valence-corrected chi connectivity index (χ0v) is 17.8. The summed E-state index contributed by atoms with van der Waals surface area (Å²) in [7, 11) is 1.65. The third-order valence-corrected chi connectivity index (χ3v) is 5.32. The fraction of sp³-hybridized carbons (Fsp3) is 0.409. The maximum absolute atomic E-state index is 13.5. The van der Waals surface area contributed by atoms with Gasteiger partial charge in [0, 0.05) is 24.5 Å². The minimum Gasteiger partial charge on any atom is -0.346 e. The van der Waals surface area contributed by atoms with Gasteiger partial charge in [0.1, 0.15) is 5.82 Å². The lowest BCUT2D eigenvalue weighted by atomic mass is 10.1. The summed E-state index contributed by atoms with van der Waals surface area (Å²) in [5.74, 6) is -2.12. The molecule has 0 spiro atoms. The number of nitrogens with one attached hydrogen (secondary N) is 2. The number of aromatic nitrogens is 1. The molecule has 0 atom stereocenters.